The first-order chi connectivity index (χ1) is 7.18. The van der Waals surface area contributed by atoms with Crippen molar-refractivity contribution >= 4 is 11.8 Å². The van der Waals surface area contributed by atoms with E-state index in [4.69, 9.17) is 10.5 Å². The van der Waals surface area contributed by atoms with Crippen LogP contribution >= 0.6 is 0 Å². The molecule has 0 atom stereocenters. The third-order valence-electron chi connectivity index (χ3n) is 2.58. The zero-order chi connectivity index (χ0) is 10.8. The van der Waals surface area contributed by atoms with Crippen molar-refractivity contribution in [3.8, 4) is 0 Å². The van der Waals surface area contributed by atoms with Crippen LogP contribution in [-0.2, 0) is 4.74 Å². The Kier molecular flexibility index (Phi) is 2.81. The van der Waals surface area contributed by atoms with E-state index in [2.05, 4.69) is 28.3 Å². The molecule has 1 fully saturated rings. The van der Waals surface area contributed by atoms with E-state index in [1.54, 1.807) is 0 Å². The van der Waals surface area contributed by atoms with Gasteiger partial charge < -0.3 is 19.9 Å². The van der Waals surface area contributed by atoms with Crippen LogP contribution in [0.5, 0.6) is 0 Å². The topological polar surface area (TPSA) is 56.3 Å². The van der Waals surface area contributed by atoms with E-state index in [-0.39, 0.29) is 0 Å². The lowest BCUT2D eigenvalue weighted by molar-refractivity contribution is 0.121. The van der Waals surface area contributed by atoms with Gasteiger partial charge in [-0.2, -0.15) is 4.98 Å². The van der Waals surface area contributed by atoms with Crippen LogP contribution in [0, 0.1) is 0 Å². The molecule has 84 valence electrons. The quantitative estimate of drug-likeness (QED) is 0.787. The van der Waals surface area contributed by atoms with Gasteiger partial charge in [-0.05, 0) is 13.8 Å². The van der Waals surface area contributed by atoms with Crippen molar-refractivity contribution in [3.05, 3.63) is 6.20 Å². The van der Waals surface area contributed by atoms with Crippen molar-refractivity contribution in [3.63, 3.8) is 0 Å². The van der Waals surface area contributed by atoms with E-state index in [9.17, 15) is 0 Å². The number of aromatic nitrogens is 2. The first kappa shape index (κ1) is 10.3. The fourth-order valence-corrected chi connectivity index (χ4v) is 1.78. The number of anilines is 2. The maximum absolute atomic E-state index is 5.73. The van der Waals surface area contributed by atoms with Gasteiger partial charge in [0, 0.05) is 25.3 Å². The third kappa shape index (κ3) is 2.07. The van der Waals surface area contributed by atoms with Crippen LogP contribution < -0.4 is 10.6 Å². The maximum atomic E-state index is 5.73. The molecule has 15 heavy (non-hydrogen) atoms. The number of hydrogen-bond acceptors (Lipinski definition) is 4. The van der Waals surface area contributed by atoms with E-state index in [0.29, 0.717) is 11.9 Å². The number of ether oxygens (including phenoxy) is 1. The van der Waals surface area contributed by atoms with Gasteiger partial charge >= 0.3 is 0 Å². The monoisotopic (exact) mass is 210 g/mol. The van der Waals surface area contributed by atoms with Crippen molar-refractivity contribution in [2.24, 2.45) is 0 Å². The largest absolute Gasteiger partial charge is 0.382 e. The number of hydrogen-bond donors (Lipinski definition) is 1. The van der Waals surface area contributed by atoms with Crippen LogP contribution in [0.15, 0.2) is 6.20 Å². The average molecular weight is 210 g/mol. The molecule has 0 unspecified atom stereocenters. The van der Waals surface area contributed by atoms with Crippen LogP contribution in [0.3, 0.4) is 0 Å². The zero-order valence-electron chi connectivity index (χ0n) is 9.31. The van der Waals surface area contributed by atoms with Crippen LogP contribution in [-0.4, -0.2) is 35.9 Å². The summed E-state index contributed by atoms with van der Waals surface area (Å²) in [5.74, 6) is 1.55. The molecule has 1 aliphatic heterocycles. The van der Waals surface area contributed by atoms with E-state index in [0.717, 1.165) is 32.3 Å². The first-order valence-corrected chi connectivity index (χ1v) is 5.35. The van der Waals surface area contributed by atoms with Crippen LogP contribution in [0.4, 0.5) is 11.8 Å². The summed E-state index contributed by atoms with van der Waals surface area (Å²) in [6.45, 7) is 7.58. The molecule has 1 aliphatic rings. The Labute approximate surface area is 89.8 Å². The van der Waals surface area contributed by atoms with Crippen molar-refractivity contribution in [1.82, 2.24) is 9.55 Å². The Morgan fingerprint density at radius 3 is 2.67 bits per heavy atom. The number of rotatable bonds is 2. The summed E-state index contributed by atoms with van der Waals surface area (Å²) in [5, 5.41) is 0. The molecule has 1 aromatic heterocycles. The van der Waals surface area contributed by atoms with Gasteiger partial charge in [-0.1, -0.05) is 0 Å². The smallest absolute Gasteiger partial charge is 0.207 e. The molecule has 5 nitrogen and oxygen atoms in total. The second-order valence-corrected chi connectivity index (χ2v) is 4.07. The Balaban J connectivity index is 2.25. The number of morpholine rings is 1. The highest BCUT2D eigenvalue weighted by Crippen LogP contribution is 2.21. The van der Waals surface area contributed by atoms with Gasteiger partial charge in [-0.3, -0.25) is 0 Å². The molecule has 0 radical (unpaired) electrons. The highest BCUT2D eigenvalue weighted by molar-refractivity contribution is 5.42. The van der Waals surface area contributed by atoms with Crippen LogP contribution in [0.1, 0.15) is 19.9 Å². The third-order valence-corrected chi connectivity index (χ3v) is 2.58. The van der Waals surface area contributed by atoms with E-state index in [1.165, 1.54) is 0 Å². The summed E-state index contributed by atoms with van der Waals surface area (Å²) < 4.78 is 7.43. The Morgan fingerprint density at radius 2 is 2.07 bits per heavy atom. The zero-order valence-corrected chi connectivity index (χ0v) is 9.31. The summed E-state index contributed by atoms with van der Waals surface area (Å²) in [7, 11) is 0. The van der Waals surface area contributed by atoms with Crippen LogP contribution in [0.2, 0.25) is 0 Å². The highest BCUT2D eigenvalue weighted by atomic mass is 16.5. The lowest BCUT2D eigenvalue weighted by Crippen LogP contribution is -2.38. The van der Waals surface area contributed by atoms with Crippen molar-refractivity contribution in [1.29, 1.82) is 0 Å². The van der Waals surface area contributed by atoms with E-state index >= 15 is 0 Å². The molecule has 0 aromatic carbocycles. The lowest BCUT2D eigenvalue weighted by atomic mass is 10.4. The number of nitrogens with two attached hydrogens (primary N) is 1. The standard InChI is InChI=1S/C10H18N4O/c1-8(2)14-7-9(11)12-10(14)13-3-5-15-6-4-13/h7-8H,3-6,11H2,1-2H3. The van der Waals surface area contributed by atoms with Crippen molar-refractivity contribution in [2.45, 2.75) is 19.9 Å². The molecule has 0 spiro atoms. The molecule has 0 bridgehead atoms. The minimum Gasteiger partial charge on any atom is -0.382 e. The number of imidazole rings is 1. The van der Waals surface area contributed by atoms with Gasteiger partial charge in [-0.15, -0.1) is 0 Å². The van der Waals surface area contributed by atoms with E-state index < -0.39 is 0 Å². The molecule has 2 rings (SSSR count). The molecular weight excluding hydrogens is 192 g/mol. The molecule has 1 aromatic rings. The fraction of sp³-hybridized carbons (Fsp3) is 0.700. The number of nitrogens with zero attached hydrogens (tertiary/aromatic N) is 3. The fourth-order valence-electron chi connectivity index (χ4n) is 1.78. The summed E-state index contributed by atoms with van der Waals surface area (Å²) >= 11 is 0. The molecule has 2 N–H and O–H groups in total. The van der Waals surface area contributed by atoms with Gasteiger partial charge in [0.1, 0.15) is 5.82 Å². The van der Waals surface area contributed by atoms with Gasteiger partial charge in [0.25, 0.3) is 0 Å². The van der Waals surface area contributed by atoms with Gasteiger partial charge in [0.2, 0.25) is 5.95 Å². The average Bonchev–Trinajstić information content (AvgIpc) is 2.62. The molecule has 0 saturated carbocycles. The van der Waals surface area contributed by atoms with Crippen molar-refractivity contribution in [2.75, 3.05) is 36.9 Å². The van der Waals surface area contributed by atoms with E-state index in [1.807, 2.05) is 6.20 Å². The minimum atomic E-state index is 0.382. The van der Waals surface area contributed by atoms with Gasteiger partial charge in [-0.25, -0.2) is 0 Å². The molecule has 1 saturated heterocycles. The predicted molar refractivity (Wildman–Crippen MR) is 60.1 cm³/mol. The summed E-state index contributed by atoms with van der Waals surface area (Å²) in [6.07, 6.45) is 1.90. The summed E-state index contributed by atoms with van der Waals surface area (Å²) in [6, 6.07) is 0.382. The molecular formula is C10H18N4O. The summed E-state index contributed by atoms with van der Waals surface area (Å²) in [4.78, 5) is 6.59. The Hall–Kier alpha value is -1.23. The lowest BCUT2D eigenvalue weighted by Gasteiger charge is -2.29. The second-order valence-electron chi connectivity index (χ2n) is 4.07. The van der Waals surface area contributed by atoms with Gasteiger partial charge in [0.15, 0.2) is 0 Å². The molecule has 5 heteroatoms. The Morgan fingerprint density at radius 1 is 1.40 bits per heavy atom. The van der Waals surface area contributed by atoms with Crippen molar-refractivity contribution < 1.29 is 4.74 Å². The normalized spacial score (nSPS) is 17.4. The maximum Gasteiger partial charge on any atom is 0.207 e. The summed E-state index contributed by atoms with van der Waals surface area (Å²) in [5.41, 5.74) is 5.73. The molecule has 0 amide bonds. The molecule has 0 aliphatic carbocycles. The second kappa shape index (κ2) is 4.10. The van der Waals surface area contributed by atoms with Crippen LogP contribution in [0.25, 0.3) is 0 Å². The first-order valence-electron chi connectivity index (χ1n) is 5.35. The highest BCUT2D eigenvalue weighted by Gasteiger charge is 2.18. The molecule has 2 heterocycles. The minimum absolute atomic E-state index is 0.382. The van der Waals surface area contributed by atoms with Gasteiger partial charge in [0.05, 0.1) is 13.2 Å². The predicted octanol–water partition coefficient (Wildman–Crippen LogP) is 0.883. The SMILES string of the molecule is CC(C)n1cc(N)nc1N1CCOCC1. The Bertz CT molecular complexity index is 328. The number of nitrogen functional groups attached to an aromatic ring is 1.